The minimum absolute atomic E-state index is 0.0199. The maximum absolute atomic E-state index is 12.4. The Morgan fingerprint density at radius 2 is 2.10 bits per heavy atom. The molecule has 3 rings (SSSR count). The lowest BCUT2D eigenvalue weighted by atomic mass is 9.77. The maximum Gasteiger partial charge on any atom is 0.237 e. The Morgan fingerprint density at radius 1 is 1.29 bits per heavy atom. The average Bonchev–Trinajstić information content (AvgIpc) is 2.83. The summed E-state index contributed by atoms with van der Waals surface area (Å²) in [5, 5.41) is 6.71. The van der Waals surface area contributed by atoms with E-state index in [2.05, 4.69) is 30.5 Å². The van der Waals surface area contributed by atoms with E-state index in [-0.39, 0.29) is 11.9 Å². The topological polar surface area (TPSA) is 41.1 Å². The van der Waals surface area contributed by atoms with Crippen LogP contribution in [0.5, 0.6) is 0 Å². The molecular weight excluding hydrogens is 280 g/mol. The lowest BCUT2D eigenvalue weighted by Gasteiger charge is -2.39. The van der Waals surface area contributed by atoms with Crippen molar-refractivity contribution in [3.63, 3.8) is 0 Å². The molecule has 0 spiro atoms. The normalized spacial score (nSPS) is 29.0. The molecule has 1 aromatic rings. The van der Waals surface area contributed by atoms with Crippen molar-refractivity contribution in [3.05, 3.63) is 21.4 Å². The predicted molar refractivity (Wildman–Crippen MR) is 87.5 cm³/mol. The minimum atomic E-state index is 0.0199. The molecule has 3 unspecified atom stereocenters. The van der Waals surface area contributed by atoms with E-state index in [1.54, 1.807) is 11.3 Å². The first-order valence-corrected chi connectivity index (χ1v) is 9.05. The summed E-state index contributed by atoms with van der Waals surface area (Å²) < 4.78 is 0. The van der Waals surface area contributed by atoms with Crippen molar-refractivity contribution in [2.24, 2.45) is 5.92 Å². The van der Waals surface area contributed by atoms with Crippen LogP contribution in [0.4, 0.5) is 0 Å². The van der Waals surface area contributed by atoms with Crippen molar-refractivity contribution in [2.45, 2.75) is 71.0 Å². The van der Waals surface area contributed by atoms with Crippen LogP contribution in [-0.2, 0) is 11.3 Å². The number of piperidine rings is 1. The summed E-state index contributed by atoms with van der Waals surface area (Å²) in [6.07, 6.45) is 7.49. The Kier molecular flexibility index (Phi) is 4.65. The number of carbonyl (C=O) groups excluding carboxylic acids is 1. The summed E-state index contributed by atoms with van der Waals surface area (Å²) in [5.41, 5.74) is 1.32. The molecule has 0 radical (unpaired) electrons. The molecule has 1 saturated carbocycles. The predicted octanol–water partition coefficient (Wildman–Crippen LogP) is 3.29. The third-order valence-electron chi connectivity index (χ3n) is 5.12. The summed E-state index contributed by atoms with van der Waals surface area (Å²) in [7, 11) is 0. The molecule has 116 valence electrons. The Morgan fingerprint density at radius 3 is 2.86 bits per heavy atom. The highest BCUT2D eigenvalue weighted by Gasteiger charge is 2.34. The van der Waals surface area contributed by atoms with Crippen LogP contribution in [0.2, 0.25) is 0 Å². The van der Waals surface area contributed by atoms with Crippen LogP contribution in [0.25, 0.3) is 0 Å². The lowest BCUT2D eigenvalue weighted by molar-refractivity contribution is -0.124. The molecule has 21 heavy (non-hydrogen) atoms. The van der Waals surface area contributed by atoms with Crippen LogP contribution in [0.3, 0.4) is 0 Å². The first-order valence-electron chi connectivity index (χ1n) is 8.23. The summed E-state index contributed by atoms with van der Waals surface area (Å²) >= 11 is 1.79. The van der Waals surface area contributed by atoms with Gasteiger partial charge in [-0.2, -0.15) is 0 Å². The monoisotopic (exact) mass is 306 g/mol. The van der Waals surface area contributed by atoms with Gasteiger partial charge in [-0.3, -0.25) is 4.79 Å². The van der Waals surface area contributed by atoms with Crippen LogP contribution in [0.1, 0.15) is 53.8 Å². The van der Waals surface area contributed by atoms with Crippen LogP contribution >= 0.6 is 11.3 Å². The number of amides is 1. The molecule has 3 atom stereocenters. The number of hydrogen-bond donors (Lipinski definition) is 2. The van der Waals surface area contributed by atoms with E-state index in [9.17, 15) is 4.79 Å². The number of thiophene rings is 1. The Labute approximate surface area is 131 Å². The fraction of sp³-hybridized carbons (Fsp3) is 0.706. The van der Waals surface area contributed by atoms with E-state index in [0.717, 1.165) is 12.3 Å². The van der Waals surface area contributed by atoms with E-state index in [4.69, 9.17) is 0 Å². The Bertz CT molecular complexity index is 491. The highest BCUT2D eigenvalue weighted by atomic mass is 32.1. The third-order valence-corrected chi connectivity index (χ3v) is 6.27. The highest BCUT2D eigenvalue weighted by molar-refractivity contribution is 7.12. The van der Waals surface area contributed by atoms with E-state index >= 15 is 0 Å². The van der Waals surface area contributed by atoms with E-state index in [0.29, 0.717) is 12.6 Å². The second-order valence-electron chi connectivity index (χ2n) is 6.62. The summed E-state index contributed by atoms with van der Waals surface area (Å²) in [4.78, 5) is 15.0. The van der Waals surface area contributed by atoms with E-state index in [1.807, 2.05) is 0 Å². The van der Waals surface area contributed by atoms with Crippen LogP contribution in [0, 0.1) is 19.8 Å². The standard InChI is InChI=1S/C17H26N2OS/c1-11-9-14(21-12(11)2)10-18-17(20)16-8-7-13-5-3-4-6-15(13)19-16/h9,13,15-16,19H,3-8,10H2,1-2H3,(H,18,20). The van der Waals surface area contributed by atoms with Gasteiger partial charge >= 0.3 is 0 Å². The van der Waals surface area contributed by atoms with Crippen molar-refractivity contribution in [3.8, 4) is 0 Å². The van der Waals surface area contributed by atoms with Crippen LogP contribution in [-0.4, -0.2) is 18.0 Å². The molecule has 2 aliphatic rings. The van der Waals surface area contributed by atoms with Gasteiger partial charge in [0.1, 0.15) is 0 Å². The number of fused-ring (bicyclic) bond motifs is 1. The fourth-order valence-electron chi connectivity index (χ4n) is 3.74. The zero-order valence-electron chi connectivity index (χ0n) is 13.1. The number of rotatable bonds is 3. The summed E-state index contributed by atoms with van der Waals surface area (Å²) in [6.45, 7) is 4.94. The molecule has 1 saturated heterocycles. The number of hydrogen-bond acceptors (Lipinski definition) is 3. The van der Waals surface area contributed by atoms with Gasteiger partial charge in [0.2, 0.25) is 5.91 Å². The zero-order valence-corrected chi connectivity index (χ0v) is 13.9. The van der Waals surface area contributed by atoms with Gasteiger partial charge in [0.25, 0.3) is 0 Å². The molecular formula is C17H26N2OS. The van der Waals surface area contributed by atoms with Crippen LogP contribution in [0.15, 0.2) is 6.07 Å². The molecule has 2 fully saturated rings. The van der Waals surface area contributed by atoms with E-state index < -0.39 is 0 Å². The molecule has 1 aliphatic heterocycles. The largest absolute Gasteiger partial charge is 0.350 e. The van der Waals surface area contributed by atoms with Gasteiger partial charge in [-0.15, -0.1) is 11.3 Å². The van der Waals surface area contributed by atoms with Crippen molar-refractivity contribution in [1.29, 1.82) is 0 Å². The highest BCUT2D eigenvalue weighted by Crippen LogP contribution is 2.32. The zero-order chi connectivity index (χ0) is 14.8. The Balaban J connectivity index is 1.51. The molecule has 0 bridgehead atoms. The Hall–Kier alpha value is -0.870. The van der Waals surface area contributed by atoms with Gasteiger partial charge in [-0.05, 0) is 57.1 Å². The van der Waals surface area contributed by atoms with Gasteiger partial charge in [0.15, 0.2) is 0 Å². The fourth-order valence-corrected chi connectivity index (χ4v) is 4.73. The molecule has 3 nitrogen and oxygen atoms in total. The number of nitrogens with one attached hydrogen (secondary N) is 2. The molecule has 2 N–H and O–H groups in total. The molecule has 2 heterocycles. The third kappa shape index (κ3) is 3.49. The van der Waals surface area contributed by atoms with Gasteiger partial charge in [0.05, 0.1) is 12.6 Å². The summed E-state index contributed by atoms with van der Waals surface area (Å²) in [6, 6.07) is 2.78. The maximum atomic E-state index is 12.4. The molecule has 0 aromatic carbocycles. The van der Waals surface area contributed by atoms with Crippen molar-refractivity contribution >= 4 is 17.2 Å². The van der Waals surface area contributed by atoms with Crippen molar-refractivity contribution in [1.82, 2.24) is 10.6 Å². The van der Waals surface area contributed by atoms with Gasteiger partial charge < -0.3 is 10.6 Å². The molecule has 1 amide bonds. The SMILES string of the molecule is Cc1cc(CNC(=O)C2CCC3CCCCC3N2)sc1C. The van der Waals surface area contributed by atoms with E-state index in [1.165, 1.54) is 47.4 Å². The second-order valence-corrected chi connectivity index (χ2v) is 7.96. The van der Waals surface area contributed by atoms with Gasteiger partial charge in [-0.1, -0.05) is 12.8 Å². The number of aryl methyl sites for hydroxylation is 2. The molecule has 1 aliphatic carbocycles. The van der Waals surface area contributed by atoms with Gasteiger partial charge in [-0.25, -0.2) is 0 Å². The van der Waals surface area contributed by atoms with Crippen LogP contribution < -0.4 is 10.6 Å². The quantitative estimate of drug-likeness (QED) is 0.899. The molecule has 1 aromatic heterocycles. The average molecular weight is 306 g/mol. The van der Waals surface area contributed by atoms with Crippen molar-refractivity contribution < 1.29 is 4.79 Å². The first kappa shape index (κ1) is 15.0. The first-order chi connectivity index (χ1) is 10.1. The molecule has 4 heteroatoms. The smallest absolute Gasteiger partial charge is 0.237 e. The minimum Gasteiger partial charge on any atom is -0.350 e. The second kappa shape index (κ2) is 6.49. The van der Waals surface area contributed by atoms with Gasteiger partial charge in [0, 0.05) is 15.8 Å². The summed E-state index contributed by atoms with van der Waals surface area (Å²) in [5.74, 6) is 0.994. The number of carbonyl (C=O) groups is 1. The lowest BCUT2D eigenvalue weighted by Crippen LogP contribution is -2.54. The van der Waals surface area contributed by atoms with Crippen molar-refractivity contribution in [2.75, 3.05) is 0 Å².